The van der Waals surface area contributed by atoms with Gasteiger partial charge in [0.2, 0.25) is 15.9 Å². The molecule has 7 heteroatoms. The van der Waals surface area contributed by atoms with Crippen molar-refractivity contribution >= 4 is 27.7 Å². The number of rotatable bonds is 5. The highest BCUT2D eigenvalue weighted by Gasteiger charge is 2.20. The Bertz CT molecular complexity index is 1060. The van der Waals surface area contributed by atoms with E-state index in [0.29, 0.717) is 12.3 Å². The summed E-state index contributed by atoms with van der Waals surface area (Å²) in [4.78, 5) is 12.5. The van der Waals surface area contributed by atoms with Crippen LogP contribution in [0.15, 0.2) is 41.3 Å². The van der Waals surface area contributed by atoms with Gasteiger partial charge in [0.05, 0.1) is 11.5 Å². The molecule has 0 saturated carbocycles. The van der Waals surface area contributed by atoms with E-state index < -0.39 is 10.0 Å². The fraction of sp³-hybridized carbons (Fsp3) is 0.286. The molecule has 0 aliphatic carbocycles. The Morgan fingerprint density at radius 1 is 1.18 bits per heavy atom. The molecule has 1 N–H and O–H groups in total. The molecule has 0 saturated heterocycles. The molecule has 2 aromatic carbocycles. The Balaban J connectivity index is 1.81. The molecular weight excluding hydrogens is 376 g/mol. The number of carbonyl (C=O) groups is 1. The van der Waals surface area contributed by atoms with Crippen molar-refractivity contribution in [2.75, 3.05) is 26.0 Å². The van der Waals surface area contributed by atoms with Crippen LogP contribution in [0.25, 0.3) is 6.08 Å². The van der Waals surface area contributed by atoms with Crippen molar-refractivity contribution in [1.29, 1.82) is 0 Å². The largest absolute Gasteiger partial charge is 0.493 e. The topological polar surface area (TPSA) is 75.7 Å². The molecule has 1 heterocycles. The first-order chi connectivity index (χ1) is 13.2. The Labute approximate surface area is 165 Å². The summed E-state index contributed by atoms with van der Waals surface area (Å²) in [6, 6.07) is 8.92. The van der Waals surface area contributed by atoms with Crippen LogP contribution < -0.4 is 10.1 Å². The Hall–Kier alpha value is -2.64. The van der Waals surface area contributed by atoms with E-state index in [1.807, 2.05) is 32.0 Å². The van der Waals surface area contributed by atoms with Crippen molar-refractivity contribution < 1.29 is 17.9 Å². The molecule has 3 rings (SSSR count). The first kappa shape index (κ1) is 20.1. The summed E-state index contributed by atoms with van der Waals surface area (Å²) >= 11 is 0. The van der Waals surface area contributed by atoms with Crippen LogP contribution in [0.4, 0.5) is 5.69 Å². The molecule has 0 unspecified atom stereocenters. The van der Waals surface area contributed by atoms with E-state index in [1.54, 1.807) is 12.1 Å². The van der Waals surface area contributed by atoms with E-state index in [0.717, 1.165) is 38.7 Å². The maximum absolute atomic E-state index is 12.4. The zero-order valence-corrected chi connectivity index (χ0v) is 17.3. The van der Waals surface area contributed by atoms with E-state index in [1.165, 1.54) is 26.2 Å². The second-order valence-corrected chi connectivity index (χ2v) is 9.14. The Morgan fingerprint density at radius 3 is 2.64 bits per heavy atom. The fourth-order valence-electron chi connectivity index (χ4n) is 2.97. The molecule has 1 aliphatic heterocycles. The average Bonchev–Trinajstić information content (AvgIpc) is 3.11. The lowest BCUT2D eigenvalue weighted by atomic mass is 10.1. The first-order valence-electron chi connectivity index (χ1n) is 8.97. The predicted octanol–water partition coefficient (Wildman–Crippen LogP) is 3.14. The van der Waals surface area contributed by atoms with Crippen LogP contribution in [0.5, 0.6) is 5.75 Å². The van der Waals surface area contributed by atoms with Crippen molar-refractivity contribution in [3.63, 3.8) is 0 Å². The fourth-order valence-corrected chi connectivity index (χ4v) is 3.99. The molecule has 1 aliphatic rings. The Morgan fingerprint density at radius 2 is 1.93 bits per heavy atom. The third kappa shape index (κ3) is 4.10. The van der Waals surface area contributed by atoms with Crippen LogP contribution in [0, 0.1) is 13.8 Å². The maximum atomic E-state index is 12.4. The molecule has 0 fully saturated rings. The summed E-state index contributed by atoms with van der Waals surface area (Å²) in [5.41, 5.74) is 4.15. The molecular formula is C21H24N2O4S. The third-order valence-electron chi connectivity index (χ3n) is 4.82. The third-order valence-corrected chi connectivity index (χ3v) is 6.61. The monoisotopic (exact) mass is 400 g/mol. The normalized spacial score (nSPS) is 13.6. The minimum atomic E-state index is -3.58. The SMILES string of the molecule is Cc1cc(S(=O)(=O)N(C)C)cc(NC(=O)/C=C/c2ccc3c(c2)CCO3)c1C. The molecule has 0 radical (unpaired) electrons. The summed E-state index contributed by atoms with van der Waals surface area (Å²) in [6.07, 6.45) is 4.05. The second-order valence-electron chi connectivity index (χ2n) is 6.99. The summed E-state index contributed by atoms with van der Waals surface area (Å²) < 4.78 is 31.5. The van der Waals surface area contributed by atoms with Gasteiger partial charge in [-0.25, -0.2) is 12.7 Å². The summed E-state index contributed by atoms with van der Waals surface area (Å²) in [7, 11) is -0.625. The van der Waals surface area contributed by atoms with Gasteiger partial charge < -0.3 is 10.1 Å². The van der Waals surface area contributed by atoms with E-state index >= 15 is 0 Å². The van der Waals surface area contributed by atoms with Crippen molar-refractivity contribution in [2.45, 2.75) is 25.2 Å². The van der Waals surface area contributed by atoms with Gasteiger partial charge in [-0.2, -0.15) is 0 Å². The van der Waals surface area contributed by atoms with Crippen molar-refractivity contribution in [1.82, 2.24) is 4.31 Å². The van der Waals surface area contributed by atoms with Crippen LogP contribution in [0.1, 0.15) is 22.3 Å². The molecule has 0 atom stereocenters. The number of ether oxygens (including phenoxy) is 1. The van der Waals surface area contributed by atoms with Gasteiger partial charge >= 0.3 is 0 Å². The average molecular weight is 401 g/mol. The quantitative estimate of drug-likeness (QED) is 0.783. The zero-order chi connectivity index (χ0) is 20.5. The van der Waals surface area contributed by atoms with E-state index in [4.69, 9.17) is 4.74 Å². The van der Waals surface area contributed by atoms with Gasteiger partial charge in [0, 0.05) is 32.3 Å². The number of fused-ring (bicyclic) bond motifs is 1. The van der Waals surface area contributed by atoms with Crippen LogP contribution >= 0.6 is 0 Å². The lowest BCUT2D eigenvalue weighted by Crippen LogP contribution is -2.22. The first-order valence-corrected chi connectivity index (χ1v) is 10.4. The predicted molar refractivity (Wildman–Crippen MR) is 110 cm³/mol. The number of hydrogen-bond acceptors (Lipinski definition) is 4. The number of nitrogens with zero attached hydrogens (tertiary/aromatic N) is 1. The molecule has 0 aromatic heterocycles. The lowest BCUT2D eigenvalue weighted by molar-refractivity contribution is -0.111. The summed E-state index contributed by atoms with van der Waals surface area (Å²) in [5.74, 6) is 0.574. The highest BCUT2D eigenvalue weighted by molar-refractivity contribution is 7.89. The highest BCUT2D eigenvalue weighted by atomic mass is 32.2. The van der Waals surface area contributed by atoms with Gasteiger partial charge in [0.25, 0.3) is 0 Å². The smallest absolute Gasteiger partial charge is 0.248 e. The van der Waals surface area contributed by atoms with E-state index in [9.17, 15) is 13.2 Å². The maximum Gasteiger partial charge on any atom is 0.248 e. The van der Waals surface area contributed by atoms with E-state index in [-0.39, 0.29) is 10.8 Å². The number of carbonyl (C=O) groups excluding carboxylic acids is 1. The van der Waals surface area contributed by atoms with Gasteiger partial charge in [0.15, 0.2) is 0 Å². The number of benzene rings is 2. The van der Waals surface area contributed by atoms with Crippen molar-refractivity contribution in [3.05, 3.63) is 58.7 Å². The van der Waals surface area contributed by atoms with Gasteiger partial charge in [-0.1, -0.05) is 6.07 Å². The van der Waals surface area contributed by atoms with Gasteiger partial charge in [-0.3, -0.25) is 4.79 Å². The second kappa shape index (κ2) is 7.77. The molecule has 6 nitrogen and oxygen atoms in total. The Kier molecular flexibility index (Phi) is 5.58. The number of aryl methyl sites for hydroxylation is 1. The summed E-state index contributed by atoms with van der Waals surface area (Å²) in [6.45, 7) is 4.36. The highest BCUT2D eigenvalue weighted by Crippen LogP contribution is 2.27. The number of amides is 1. The number of hydrogen-bond donors (Lipinski definition) is 1. The van der Waals surface area contributed by atoms with Crippen LogP contribution in [0.2, 0.25) is 0 Å². The molecule has 0 spiro atoms. The van der Waals surface area contributed by atoms with Crippen LogP contribution in [-0.4, -0.2) is 39.3 Å². The zero-order valence-electron chi connectivity index (χ0n) is 16.4. The number of nitrogens with one attached hydrogen (secondary N) is 1. The van der Waals surface area contributed by atoms with Gasteiger partial charge in [0.1, 0.15) is 5.75 Å². The lowest BCUT2D eigenvalue weighted by Gasteiger charge is -2.16. The van der Waals surface area contributed by atoms with Gasteiger partial charge in [-0.05, 0) is 66.4 Å². The minimum absolute atomic E-state index is 0.151. The van der Waals surface area contributed by atoms with Gasteiger partial charge in [-0.15, -0.1) is 0 Å². The summed E-state index contributed by atoms with van der Waals surface area (Å²) in [5, 5.41) is 2.79. The minimum Gasteiger partial charge on any atom is -0.493 e. The molecule has 2 aromatic rings. The number of sulfonamides is 1. The van der Waals surface area contributed by atoms with Crippen molar-refractivity contribution in [2.24, 2.45) is 0 Å². The molecule has 28 heavy (non-hydrogen) atoms. The molecule has 148 valence electrons. The van der Waals surface area contributed by atoms with Crippen LogP contribution in [0.3, 0.4) is 0 Å². The standard InChI is InChI=1S/C21H24N2O4S/c1-14-11-18(28(25,26)23(3)4)13-19(15(14)2)22-21(24)8-6-16-5-7-20-17(12-16)9-10-27-20/h5-8,11-13H,9-10H2,1-4H3,(H,22,24)/b8-6+. The van der Waals surface area contributed by atoms with E-state index in [2.05, 4.69) is 5.32 Å². The van der Waals surface area contributed by atoms with Crippen molar-refractivity contribution in [3.8, 4) is 5.75 Å². The van der Waals surface area contributed by atoms with Crippen LogP contribution in [-0.2, 0) is 21.2 Å². The number of anilines is 1. The molecule has 0 bridgehead atoms. The molecule has 1 amide bonds.